The number of nitrogens with one attached hydrogen (secondary N) is 2. The third-order valence-corrected chi connectivity index (χ3v) is 7.28. The van der Waals surface area contributed by atoms with Crippen LogP contribution in [0, 0.1) is 0 Å². The van der Waals surface area contributed by atoms with Gasteiger partial charge >= 0.3 is 24.1 Å². The first-order valence-electron chi connectivity index (χ1n) is 12.3. The van der Waals surface area contributed by atoms with Crippen molar-refractivity contribution in [2.24, 2.45) is 0 Å². The van der Waals surface area contributed by atoms with Gasteiger partial charge in [-0.1, -0.05) is 56.1 Å². The predicted molar refractivity (Wildman–Crippen MR) is 147 cm³/mol. The number of halogens is 5. The van der Waals surface area contributed by atoms with Crippen LogP contribution < -0.4 is 10.6 Å². The van der Waals surface area contributed by atoms with Gasteiger partial charge in [0.15, 0.2) is 0 Å². The van der Waals surface area contributed by atoms with Crippen LogP contribution in [0.25, 0.3) is 5.69 Å². The van der Waals surface area contributed by atoms with E-state index in [1.54, 1.807) is 42.5 Å². The maximum atomic E-state index is 13.4. The van der Waals surface area contributed by atoms with Crippen molar-refractivity contribution in [3.63, 3.8) is 0 Å². The smallest absolute Gasteiger partial charge is 0.467 e. The van der Waals surface area contributed by atoms with Gasteiger partial charge in [0.25, 0.3) is 0 Å². The third-order valence-electron chi connectivity index (χ3n) is 6.46. The number of methoxy groups -OCH3 is 1. The second-order valence-electron chi connectivity index (χ2n) is 10.4. The summed E-state index contributed by atoms with van der Waals surface area (Å²) in [5.41, 5.74) is 1.83. The number of hydrogen-bond donors (Lipinski definition) is 2. The quantitative estimate of drug-likeness (QED) is 0.346. The molecule has 1 atom stereocenters. The highest BCUT2D eigenvalue weighted by atomic mass is 35.5. The Morgan fingerprint density at radius 2 is 1.73 bits per heavy atom. The molecule has 14 heteroatoms. The minimum Gasteiger partial charge on any atom is -0.467 e. The zero-order chi connectivity index (χ0) is 30.3. The van der Waals surface area contributed by atoms with E-state index in [0.717, 1.165) is 7.11 Å². The van der Waals surface area contributed by atoms with Gasteiger partial charge in [-0.15, -0.1) is 0 Å². The zero-order valence-corrected chi connectivity index (χ0v) is 23.9. The van der Waals surface area contributed by atoms with Crippen molar-refractivity contribution in [3.8, 4) is 5.69 Å². The third kappa shape index (κ3) is 6.43. The maximum Gasteiger partial charge on any atom is 0.471 e. The number of urea groups is 1. The van der Waals surface area contributed by atoms with Gasteiger partial charge in [0.1, 0.15) is 11.9 Å². The molecule has 1 unspecified atom stereocenters. The van der Waals surface area contributed by atoms with E-state index in [4.69, 9.17) is 23.2 Å². The van der Waals surface area contributed by atoms with Gasteiger partial charge in [0.05, 0.1) is 34.2 Å². The van der Waals surface area contributed by atoms with Crippen molar-refractivity contribution in [2.45, 2.75) is 51.4 Å². The average Bonchev–Trinajstić information content (AvgIpc) is 3.33. The molecule has 3 amide bonds. The minimum absolute atomic E-state index is 0.158. The van der Waals surface area contributed by atoms with Crippen LogP contribution in [0.5, 0.6) is 0 Å². The highest BCUT2D eigenvalue weighted by Crippen LogP contribution is 2.33. The Morgan fingerprint density at radius 3 is 2.37 bits per heavy atom. The van der Waals surface area contributed by atoms with E-state index in [2.05, 4.69) is 20.5 Å². The summed E-state index contributed by atoms with van der Waals surface area (Å²) in [4.78, 5) is 37.8. The number of anilines is 2. The Hall–Kier alpha value is -3.77. The molecule has 0 spiro atoms. The Kier molecular flexibility index (Phi) is 8.28. The molecule has 9 nitrogen and oxygen atoms in total. The number of benzene rings is 2. The van der Waals surface area contributed by atoms with Gasteiger partial charge in [-0.3, -0.25) is 10.1 Å². The molecule has 1 aliphatic rings. The van der Waals surface area contributed by atoms with Gasteiger partial charge in [0, 0.05) is 24.4 Å². The molecule has 2 N–H and O–H groups in total. The van der Waals surface area contributed by atoms with Crippen molar-refractivity contribution >= 4 is 52.6 Å². The molecule has 2 heterocycles. The summed E-state index contributed by atoms with van der Waals surface area (Å²) in [5, 5.41) is 10.4. The summed E-state index contributed by atoms with van der Waals surface area (Å²) in [7, 11) is 1.05. The molecular weight excluding hydrogens is 586 g/mol. The highest BCUT2D eigenvalue weighted by Gasteiger charge is 2.48. The Labute approximate surface area is 243 Å². The fraction of sp³-hybridized carbons (Fsp3) is 0.333. The van der Waals surface area contributed by atoms with Gasteiger partial charge in [-0.25, -0.2) is 14.3 Å². The topological polar surface area (TPSA) is 106 Å². The lowest BCUT2D eigenvalue weighted by molar-refractivity contribution is -0.191. The Bertz CT molecular complexity index is 1520. The van der Waals surface area contributed by atoms with Crippen molar-refractivity contribution in [3.05, 3.63) is 69.3 Å². The standard InChI is InChI=1S/C27H26Cl2F3N5O4/c1-26(2,3)20-12-21(34-25(40)33-18-7-5-6-17(28)22(18)29)37(35-20)16-9-8-14-11-19(23(38)41-4)36(13-15(14)10-16)24(39)27(30,31)32/h5-10,12,19H,11,13H2,1-4H3,(H2,33,34,40). The number of carbonyl (C=O) groups excluding carboxylic acids is 3. The van der Waals surface area contributed by atoms with Crippen LogP contribution in [0.4, 0.5) is 29.5 Å². The van der Waals surface area contributed by atoms with Gasteiger partial charge in [-0.2, -0.15) is 18.3 Å². The molecule has 1 aliphatic heterocycles. The molecule has 0 fully saturated rings. The van der Waals surface area contributed by atoms with E-state index in [9.17, 15) is 27.6 Å². The maximum absolute atomic E-state index is 13.4. The molecule has 218 valence electrons. The molecule has 1 aromatic heterocycles. The van der Waals surface area contributed by atoms with E-state index < -0.39 is 42.1 Å². The van der Waals surface area contributed by atoms with Crippen LogP contribution in [-0.4, -0.2) is 51.9 Å². The van der Waals surface area contributed by atoms with Crippen molar-refractivity contribution < 1.29 is 32.3 Å². The van der Waals surface area contributed by atoms with E-state index in [-0.39, 0.29) is 28.0 Å². The van der Waals surface area contributed by atoms with Crippen LogP contribution in [0.15, 0.2) is 42.5 Å². The number of nitrogens with zero attached hydrogens (tertiary/aromatic N) is 3. The monoisotopic (exact) mass is 611 g/mol. The second kappa shape index (κ2) is 11.2. The number of carbonyl (C=O) groups is 3. The number of alkyl halides is 3. The van der Waals surface area contributed by atoms with E-state index >= 15 is 0 Å². The lowest BCUT2D eigenvalue weighted by Gasteiger charge is -2.35. The fourth-order valence-corrected chi connectivity index (χ4v) is 4.68. The summed E-state index contributed by atoms with van der Waals surface area (Å²) in [6, 6.07) is 9.24. The first-order chi connectivity index (χ1) is 19.1. The second-order valence-corrected chi connectivity index (χ2v) is 11.2. The number of fused-ring (bicyclic) bond motifs is 1. The van der Waals surface area contributed by atoms with Crippen LogP contribution in [0.2, 0.25) is 10.0 Å². The molecule has 0 bridgehead atoms. The Morgan fingerprint density at radius 1 is 1.02 bits per heavy atom. The molecule has 3 aromatic rings. The minimum atomic E-state index is -5.18. The SMILES string of the molecule is COC(=O)C1Cc2ccc(-n3nc(C(C)(C)C)cc3NC(=O)Nc3cccc(Cl)c3Cl)cc2CN1C(=O)C(F)(F)F. The first kappa shape index (κ1) is 30.2. The van der Waals surface area contributed by atoms with Crippen molar-refractivity contribution in [1.82, 2.24) is 14.7 Å². The molecule has 0 saturated carbocycles. The van der Waals surface area contributed by atoms with Gasteiger partial charge < -0.3 is 15.0 Å². The Balaban J connectivity index is 1.70. The normalized spacial score (nSPS) is 15.2. The summed E-state index contributed by atoms with van der Waals surface area (Å²) >= 11 is 12.2. The number of esters is 1. The molecule has 41 heavy (non-hydrogen) atoms. The average molecular weight is 612 g/mol. The first-order valence-corrected chi connectivity index (χ1v) is 13.1. The van der Waals surface area contributed by atoms with Crippen molar-refractivity contribution in [1.29, 1.82) is 0 Å². The molecule has 2 aromatic carbocycles. The lowest BCUT2D eigenvalue weighted by atomic mass is 9.92. The largest absolute Gasteiger partial charge is 0.471 e. The molecule has 0 aliphatic carbocycles. The summed E-state index contributed by atoms with van der Waals surface area (Å²) in [6.07, 6.45) is -5.34. The zero-order valence-electron chi connectivity index (χ0n) is 22.4. The number of hydrogen-bond acceptors (Lipinski definition) is 5. The molecule has 0 radical (unpaired) electrons. The highest BCUT2D eigenvalue weighted by molar-refractivity contribution is 6.44. The lowest BCUT2D eigenvalue weighted by Crippen LogP contribution is -2.53. The molecular formula is C27H26Cl2F3N5O4. The van der Waals surface area contributed by atoms with Crippen molar-refractivity contribution in [2.75, 3.05) is 17.7 Å². The number of rotatable bonds is 4. The van der Waals surface area contributed by atoms with Crippen LogP contribution in [0.3, 0.4) is 0 Å². The van der Waals surface area contributed by atoms with E-state index in [1.807, 2.05) is 20.8 Å². The summed E-state index contributed by atoms with van der Waals surface area (Å²) in [5.74, 6) is -2.83. The van der Waals surface area contributed by atoms with E-state index in [1.165, 1.54) is 4.68 Å². The number of aromatic nitrogens is 2. The summed E-state index contributed by atoms with van der Waals surface area (Å²) < 4.78 is 46.2. The van der Waals surface area contributed by atoms with Gasteiger partial charge in [-0.05, 0) is 35.4 Å². The summed E-state index contributed by atoms with van der Waals surface area (Å²) in [6.45, 7) is 5.30. The van der Waals surface area contributed by atoms with Crippen LogP contribution in [-0.2, 0) is 32.7 Å². The van der Waals surface area contributed by atoms with E-state index in [0.29, 0.717) is 27.4 Å². The van der Waals surface area contributed by atoms with Crippen LogP contribution >= 0.6 is 23.2 Å². The molecule has 0 saturated heterocycles. The number of ether oxygens (including phenoxy) is 1. The van der Waals surface area contributed by atoms with Crippen LogP contribution in [0.1, 0.15) is 37.6 Å². The predicted octanol–water partition coefficient (Wildman–Crippen LogP) is 6.11. The fourth-order valence-electron chi connectivity index (χ4n) is 4.33. The number of amides is 3. The van der Waals surface area contributed by atoms with Gasteiger partial charge in [0.2, 0.25) is 0 Å². The molecule has 4 rings (SSSR count).